The van der Waals surface area contributed by atoms with Gasteiger partial charge in [0.1, 0.15) is 0 Å². The predicted octanol–water partition coefficient (Wildman–Crippen LogP) is 5.29. The third-order valence-electron chi connectivity index (χ3n) is 2.70. The molecule has 2 radical (unpaired) electrons. The van der Waals surface area contributed by atoms with Gasteiger partial charge in [-0.2, -0.15) is 0 Å². The van der Waals surface area contributed by atoms with Crippen molar-refractivity contribution >= 4 is 19.6 Å². The third kappa shape index (κ3) is 6.83. The summed E-state index contributed by atoms with van der Waals surface area (Å²) < 4.78 is 0. The molecule has 17 heavy (non-hydrogen) atoms. The van der Waals surface area contributed by atoms with Gasteiger partial charge in [-0.05, 0) is 36.9 Å². The summed E-state index contributed by atoms with van der Waals surface area (Å²) in [5, 5.41) is 0.257. The van der Waals surface area contributed by atoms with Crippen LogP contribution in [0.25, 0.3) is 0 Å². The molecule has 0 N–H and O–H groups in total. The van der Waals surface area contributed by atoms with Crippen molar-refractivity contribution in [2.45, 2.75) is 58.0 Å². The van der Waals surface area contributed by atoms with E-state index in [0.29, 0.717) is 5.25 Å². The summed E-state index contributed by atoms with van der Waals surface area (Å²) in [4.78, 5) is 1.09. The molecule has 0 amide bonds. The van der Waals surface area contributed by atoms with Crippen molar-refractivity contribution in [2.75, 3.05) is 0 Å². The molecular weight excluding hydrogens is 223 g/mol. The van der Waals surface area contributed by atoms with Gasteiger partial charge in [-0.15, -0.1) is 11.8 Å². The summed E-state index contributed by atoms with van der Waals surface area (Å²) in [6, 6.07) is 0. The second-order valence-electron chi connectivity index (χ2n) is 4.87. The lowest BCUT2D eigenvalue weighted by Crippen LogP contribution is -2.10. The van der Waals surface area contributed by atoms with Crippen LogP contribution in [0.4, 0.5) is 0 Å². The maximum Gasteiger partial charge on any atom is 0.0813 e. The largest absolute Gasteiger partial charge is 0.129 e. The van der Waals surface area contributed by atoms with Crippen LogP contribution in [-0.4, -0.2) is 13.1 Å². The Labute approximate surface area is 113 Å². The monoisotopic (exact) mass is 248 g/mol. The van der Waals surface area contributed by atoms with E-state index in [1.165, 1.54) is 5.57 Å². The van der Waals surface area contributed by atoms with Crippen LogP contribution in [0.5, 0.6) is 0 Å². The molecule has 0 saturated carbocycles. The van der Waals surface area contributed by atoms with Crippen molar-refractivity contribution in [1.29, 1.82) is 0 Å². The van der Waals surface area contributed by atoms with Crippen molar-refractivity contribution in [3.05, 3.63) is 35.3 Å². The van der Waals surface area contributed by atoms with Gasteiger partial charge in [0.2, 0.25) is 0 Å². The molecule has 1 unspecified atom stereocenters. The van der Waals surface area contributed by atoms with E-state index in [-0.39, 0.29) is 5.31 Å². The topological polar surface area (TPSA) is 0 Å². The average molecular weight is 248 g/mol. The van der Waals surface area contributed by atoms with Crippen LogP contribution < -0.4 is 0 Å². The Morgan fingerprint density at radius 2 is 2.00 bits per heavy atom. The molecule has 2 heteroatoms. The standard InChI is InChI=1S/C15H25BS/c1-7-9-14(8-2)10-11-15(6,16)13(5)17-12(3)4/h7-9,12H,5,10-11H2,1-4,6H3/b9-7-,14-8+. The fourth-order valence-electron chi connectivity index (χ4n) is 1.50. The molecule has 0 spiro atoms. The van der Waals surface area contributed by atoms with Crippen molar-refractivity contribution < 1.29 is 0 Å². The summed E-state index contributed by atoms with van der Waals surface area (Å²) >= 11 is 1.78. The normalized spacial score (nSPS) is 16.5. The first-order valence-electron chi connectivity index (χ1n) is 6.26. The number of thioether (sulfide) groups is 1. The van der Waals surface area contributed by atoms with E-state index in [1.807, 2.05) is 6.92 Å². The smallest absolute Gasteiger partial charge is 0.0813 e. The maximum atomic E-state index is 6.34. The Morgan fingerprint density at radius 3 is 2.41 bits per heavy atom. The Kier molecular flexibility index (Phi) is 7.70. The van der Waals surface area contributed by atoms with E-state index in [0.717, 1.165) is 17.7 Å². The van der Waals surface area contributed by atoms with Crippen LogP contribution in [0.1, 0.15) is 47.5 Å². The molecule has 0 saturated heterocycles. The van der Waals surface area contributed by atoms with E-state index in [4.69, 9.17) is 7.85 Å². The number of rotatable bonds is 7. The van der Waals surface area contributed by atoms with Crippen LogP contribution in [-0.2, 0) is 0 Å². The molecule has 0 aliphatic heterocycles. The molecule has 0 aromatic carbocycles. The lowest BCUT2D eigenvalue weighted by Gasteiger charge is -2.28. The highest BCUT2D eigenvalue weighted by molar-refractivity contribution is 8.03. The summed E-state index contributed by atoms with van der Waals surface area (Å²) in [5.41, 5.74) is 1.34. The Morgan fingerprint density at radius 1 is 1.41 bits per heavy atom. The fourth-order valence-corrected chi connectivity index (χ4v) is 2.44. The minimum Gasteiger partial charge on any atom is -0.129 e. The molecule has 0 fully saturated rings. The minimum absolute atomic E-state index is 0.287. The predicted molar refractivity (Wildman–Crippen MR) is 83.8 cm³/mol. The first-order chi connectivity index (χ1) is 7.83. The highest BCUT2D eigenvalue weighted by atomic mass is 32.2. The molecule has 0 aliphatic carbocycles. The van der Waals surface area contributed by atoms with Crippen molar-refractivity contribution in [3.63, 3.8) is 0 Å². The van der Waals surface area contributed by atoms with Gasteiger partial charge in [0, 0.05) is 5.25 Å². The highest BCUT2D eigenvalue weighted by Gasteiger charge is 2.22. The van der Waals surface area contributed by atoms with Crippen LogP contribution in [0.3, 0.4) is 0 Å². The molecule has 94 valence electrons. The van der Waals surface area contributed by atoms with Gasteiger partial charge in [-0.3, -0.25) is 0 Å². The van der Waals surface area contributed by atoms with E-state index in [1.54, 1.807) is 11.8 Å². The molecule has 0 nitrogen and oxygen atoms in total. The minimum atomic E-state index is -0.287. The zero-order valence-corrected chi connectivity index (χ0v) is 12.7. The van der Waals surface area contributed by atoms with Gasteiger partial charge < -0.3 is 0 Å². The highest BCUT2D eigenvalue weighted by Crippen LogP contribution is 2.43. The molecule has 0 aliphatic rings. The molecule has 1 atom stereocenters. The lowest BCUT2D eigenvalue weighted by atomic mass is 9.67. The van der Waals surface area contributed by atoms with E-state index >= 15 is 0 Å². The van der Waals surface area contributed by atoms with Crippen molar-refractivity contribution in [1.82, 2.24) is 0 Å². The van der Waals surface area contributed by atoms with Crippen LogP contribution >= 0.6 is 11.8 Å². The molecule has 0 bridgehead atoms. The summed E-state index contributed by atoms with van der Waals surface area (Å²) in [6.07, 6.45) is 8.31. The molecule has 0 rings (SSSR count). The fraction of sp³-hybridized carbons (Fsp3) is 0.600. The van der Waals surface area contributed by atoms with Gasteiger partial charge in [0.25, 0.3) is 0 Å². The SMILES string of the molecule is [B]C(C)(CCC(/C=C\C)=C/C)C(=C)SC(C)C. The number of allylic oxidation sites excluding steroid dienone is 5. The average Bonchev–Trinajstić information content (AvgIpc) is 2.23. The first-order valence-corrected chi connectivity index (χ1v) is 7.14. The van der Waals surface area contributed by atoms with Crippen molar-refractivity contribution in [2.24, 2.45) is 0 Å². The number of hydrogen-bond donors (Lipinski definition) is 0. The first kappa shape index (κ1) is 16.6. The Hall–Kier alpha value is -0.365. The lowest BCUT2D eigenvalue weighted by molar-refractivity contribution is 0.665. The quantitative estimate of drug-likeness (QED) is 0.435. The summed E-state index contributed by atoms with van der Waals surface area (Å²) in [6.45, 7) is 14.6. The molecule has 0 aromatic heterocycles. The van der Waals surface area contributed by atoms with Gasteiger partial charge in [-0.25, -0.2) is 0 Å². The maximum absolute atomic E-state index is 6.34. The van der Waals surface area contributed by atoms with E-state index in [2.05, 4.69) is 52.5 Å². The second-order valence-corrected chi connectivity index (χ2v) is 6.54. The Balaban J connectivity index is 4.40. The van der Waals surface area contributed by atoms with Crippen molar-refractivity contribution in [3.8, 4) is 0 Å². The molecule has 0 aromatic rings. The van der Waals surface area contributed by atoms with E-state index in [9.17, 15) is 0 Å². The summed E-state index contributed by atoms with van der Waals surface area (Å²) in [7, 11) is 6.34. The third-order valence-corrected chi connectivity index (χ3v) is 3.92. The van der Waals surface area contributed by atoms with Gasteiger partial charge >= 0.3 is 0 Å². The van der Waals surface area contributed by atoms with Crippen LogP contribution in [0.15, 0.2) is 35.3 Å². The number of hydrogen-bond acceptors (Lipinski definition) is 1. The second kappa shape index (κ2) is 7.86. The zero-order valence-electron chi connectivity index (χ0n) is 11.9. The zero-order chi connectivity index (χ0) is 13.5. The molecule has 0 heterocycles. The molecular formula is C15H25BS. The van der Waals surface area contributed by atoms with Gasteiger partial charge in [0.15, 0.2) is 0 Å². The van der Waals surface area contributed by atoms with Gasteiger partial charge in [-0.1, -0.05) is 51.2 Å². The van der Waals surface area contributed by atoms with Crippen LogP contribution in [0.2, 0.25) is 5.31 Å². The Bertz CT molecular complexity index is 298. The van der Waals surface area contributed by atoms with Crippen LogP contribution in [0, 0.1) is 0 Å². The van der Waals surface area contributed by atoms with Gasteiger partial charge in [0.05, 0.1) is 7.85 Å². The summed E-state index contributed by atoms with van der Waals surface area (Å²) in [5.74, 6) is 0. The van der Waals surface area contributed by atoms with E-state index < -0.39 is 0 Å².